The van der Waals surface area contributed by atoms with Crippen molar-refractivity contribution in [3.8, 4) is 0 Å². The molecule has 0 aliphatic carbocycles. The Hall–Kier alpha value is -2.51. The summed E-state index contributed by atoms with van der Waals surface area (Å²) in [4.78, 5) is 32.2. The van der Waals surface area contributed by atoms with Gasteiger partial charge in [-0.15, -0.1) is 0 Å². The van der Waals surface area contributed by atoms with Crippen molar-refractivity contribution in [1.29, 1.82) is 0 Å². The second kappa shape index (κ2) is 5.89. The summed E-state index contributed by atoms with van der Waals surface area (Å²) < 4.78 is 12.4. The van der Waals surface area contributed by atoms with Crippen LogP contribution in [0.3, 0.4) is 0 Å². The predicted molar refractivity (Wildman–Crippen MR) is 62.7 cm³/mol. The Morgan fingerprint density at radius 1 is 1.53 bits per heavy atom. The second-order valence-electron chi connectivity index (χ2n) is 3.77. The lowest BCUT2D eigenvalue weighted by Gasteiger charge is -2.11. The molecule has 0 aromatic heterocycles. The lowest BCUT2D eigenvalue weighted by molar-refractivity contribution is -0.384. The molecule has 0 radical (unpaired) electrons. The normalized spacial score (nSPS) is 11.7. The maximum Gasteiger partial charge on any atom is 0.328 e. The standard InChI is InChI=1S/C11H11FN2O5/c1-6-4-7(14(18)19)2-3-8(6)10(15)13-9(5-12)11(16)17/h2-4,9H,5H2,1H3,(H,13,15)(H,16,17). The molecule has 0 heterocycles. The molecule has 1 atom stereocenters. The molecule has 19 heavy (non-hydrogen) atoms. The average molecular weight is 270 g/mol. The largest absolute Gasteiger partial charge is 0.480 e. The molecule has 1 aromatic rings. The van der Waals surface area contributed by atoms with Crippen LogP contribution in [0.1, 0.15) is 15.9 Å². The van der Waals surface area contributed by atoms with E-state index in [1.54, 1.807) is 0 Å². The van der Waals surface area contributed by atoms with Crippen LogP contribution >= 0.6 is 0 Å². The van der Waals surface area contributed by atoms with Gasteiger partial charge in [-0.1, -0.05) is 0 Å². The molecule has 1 rings (SSSR count). The van der Waals surface area contributed by atoms with E-state index in [9.17, 15) is 24.1 Å². The van der Waals surface area contributed by atoms with Gasteiger partial charge in [-0.3, -0.25) is 14.9 Å². The van der Waals surface area contributed by atoms with E-state index in [0.29, 0.717) is 5.56 Å². The summed E-state index contributed by atoms with van der Waals surface area (Å²) in [6.45, 7) is 0.222. The van der Waals surface area contributed by atoms with Crippen molar-refractivity contribution < 1.29 is 24.0 Å². The number of rotatable bonds is 5. The average Bonchev–Trinajstić information content (AvgIpc) is 2.34. The van der Waals surface area contributed by atoms with Crippen LogP contribution in [-0.4, -0.2) is 34.6 Å². The quantitative estimate of drug-likeness (QED) is 0.614. The topological polar surface area (TPSA) is 110 Å². The minimum atomic E-state index is -1.64. The van der Waals surface area contributed by atoms with Gasteiger partial charge in [0.1, 0.15) is 6.67 Å². The highest BCUT2D eigenvalue weighted by molar-refractivity contribution is 5.98. The fraction of sp³-hybridized carbons (Fsp3) is 0.273. The summed E-state index contributed by atoms with van der Waals surface area (Å²) >= 11 is 0. The molecule has 0 saturated carbocycles. The molecule has 1 aromatic carbocycles. The predicted octanol–water partition coefficient (Wildman–Crippen LogP) is 1.06. The zero-order chi connectivity index (χ0) is 14.6. The van der Waals surface area contributed by atoms with Crippen molar-refractivity contribution in [1.82, 2.24) is 5.32 Å². The van der Waals surface area contributed by atoms with Gasteiger partial charge in [0.05, 0.1) is 4.92 Å². The van der Waals surface area contributed by atoms with Gasteiger partial charge in [-0.05, 0) is 18.6 Å². The number of carboxylic acid groups (broad SMARTS) is 1. The Labute approximate surface area is 107 Å². The molecule has 0 aliphatic heterocycles. The van der Waals surface area contributed by atoms with Crippen molar-refractivity contribution in [2.24, 2.45) is 0 Å². The Morgan fingerprint density at radius 3 is 2.58 bits per heavy atom. The minimum absolute atomic E-state index is 0.0605. The van der Waals surface area contributed by atoms with Gasteiger partial charge in [-0.2, -0.15) is 0 Å². The number of carbonyl (C=O) groups is 2. The number of nitro groups is 1. The van der Waals surface area contributed by atoms with Crippen molar-refractivity contribution >= 4 is 17.6 Å². The summed E-state index contributed by atoms with van der Waals surface area (Å²) in [5.74, 6) is -2.28. The number of aryl methyl sites for hydroxylation is 1. The minimum Gasteiger partial charge on any atom is -0.480 e. The van der Waals surface area contributed by atoms with E-state index in [0.717, 1.165) is 6.07 Å². The number of halogens is 1. The first-order valence-corrected chi connectivity index (χ1v) is 5.21. The number of amides is 1. The van der Waals surface area contributed by atoms with Gasteiger partial charge in [-0.25, -0.2) is 9.18 Å². The fourth-order valence-electron chi connectivity index (χ4n) is 1.42. The number of hydrogen-bond acceptors (Lipinski definition) is 4. The zero-order valence-corrected chi connectivity index (χ0v) is 9.92. The molecular weight excluding hydrogens is 259 g/mol. The molecular formula is C11H11FN2O5. The number of nitrogens with zero attached hydrogens (tertiary/aromatic N) is 1. The van der Waals surface area contributed by atoms with E-state index in [2.05, 4.69) is 0 Å². The third-order valence-corrected chi connectivity index (χ3v) is 2.42. The highest BCUT2D eigenvalue weighted by Gasteiger charge is 2.21. The van der Waals surface area contributed by atoms with Gasteiger partial charge in [0.25, 0.3) is 11.6 Å². The van der Waals surface area contributed by atoms with Crippen molar-refractivity contribution in [3.63, 3.8) is 0 Å². The molecule has 8 heteroatoms. The molecule has 7 nitrogen and oxygen atoms in total. The molecule has 0 saturated heterocycles. The molecule has 0 aliphatic rings. The molecule has 0 spiro atoms. The van der Waals surface area contributed by atoms with Crippen LogP contribution in [0.2, 0.25) is 0 Å². The summed E-state index contributed by atoms with van der Waals surface area (Å²) in [5.41, 5.74) is 0.175. The lowest BCUT2D eigenvalue weighted by Crippen LogP contribution is -2.42. The fourth-order valence-corrected chi connectivity index (χ4v) is 1.42. The van der Waals surface area contributed by atoms with Crippen LogP contribution in [0.15, 0.2) is 18.2 Å². The van der Waals surface area contributed by atoms with Gasteiger partial charge >= 0.3 is 5.97 Å². The number of non-ortho nitro benzene ring substituents is 1. The number of carbonyl (C=O) groups excluding carboxylic acids is 1. The SMILES string of the molecule is Cc1cc([N+](=O)[O-])ccc1C(=O)NC(CF)C(=O)O. The number of benzene rings is 1. The van der Waals surface area contributed by atoms with E-state index in [1.165, 1.54) is 19.1 Å². The maximum atomic E-state index is 12.4. The first-order chi connectivity index (χ1) is 8.86. The highest BCUT2D eigenvalue weighted by Crippen LogP contribution is 2.17. The summed E-state index contributed by atoms with van der Waals surface area (Å²) in [5, 5.41) is 21.1. The van der Waals surface area contributed by atoms with E-state index in [1.807, 2.05) is 5.32 Å². The van der Waals surface area contributed by atoms with E-state index in [-0.39, 0.29) is 11.3 Å². The van der Waals surface area contributed by atoms with Crippen molar-refractivity contribution in [2.75, 3.05) is 6.67 Å². The van der Waals surface area contributed by atoms with Crippen LogP contribution in [0.25, 0.3) is 0 Å². The number of alkyl halides is 1. The van der Waals surface area contributed by atoms with E-state index >= 15 is 0 Å². The molecule has 2 N–H and O–H groups in total. The Kier molecular flexibility index (Phi) is 4.51. The smallest absolute Gasteiger partial charge is 0.328 e. The Bertz CT molecular complexity index is 532. The van der Waals surface area contributed by atoms with Crippen LogP contribution in [0.5, 0.6) is 0 Å². The van der Waals surface area contributed by atoms with Crippen LogP contribution < -0.4 is 5.32 Å². The summed E-state index contributed by atoms with van der Waals surface area (Å²) in [6.07, 6.45) is 0. The summed E-state index contributed by atoms with van der Waals surface area (Å²) in [7, 11) is 0. The molecule has 0 fully saturated rings. The van der Waals surface area contributed by atoms with Crippen molar-refractivity contribution in [2.45, 2.75) is 13.0 Å². The highest BCUT2D eigenvalue weighted by atomic mass is 19.1. The van der Waals surface area contributed by atoms with Crippen LogP contribution in [0.4, 0.5) is 10.1 Å². The van der Waals surface area contributed by atoms with Gasteiger partial charge in [0.15, 0.2) is 6.04 Å². The molecule has 0 bridgehead atoms. The summed E-state index contributed by atoms with van der Waals surface area (Å²) in [6, 6.07) is 1.86. The number of carboxylic acids is 1. The first-order valence-electron chi connectivity index (χ1n) is 5.21. The lowest BCUT2D eigenvalue weighted by atomic mass is 10.1. The molecule has 1 unspecified atom stereocenters. The number of hydrogen-bond donors (Lipinski definition) is 2. The van der Waals surface area contributed by atoms with Gasteiger partial charge in [0.2, 0.25) is 0 Å². The number of aliphatic carboxylic acids is 1. The van der Waals surface area contributed by atoms with E-state index in [4.69, 9.17) is 5.11 Å². The molecule has 1 amide bonds. The molecule has 102 valence electrons. The Morgan fingerprint density at radius 2 is 2.16 bits per heavy atom. The number of nitrogens with one attached hydrogen (secondary N) is 1. The van der Waals surface area contributed by atoms with Crippen LogP contribution in [-0.2, 0) is 4.79 Å². The van der Waals surface area contributed by atoms with Crippen molar-refractivity contribution in [3.05, 3.63) is 39.4 Å². The third kappa shape index (κ3) is 3.47. The maximum absolute atomic E-state index is 12.4. The third-order valence-electron chi connectivity index (χ3n) is 2.42. The number of nitro benzene ring substituents is 1. The Balaban J connectivity index is 2.94. The van der Waals surface area contributed by atoms with Gasteiger partial charge in [0, 0.05) is 17.7 Å². The van der Waals surface area contributed by atoms with Gasteiger partial charge < -0.3 is 10.4 Å². The van der Waals surface area contributed by atoms with Crippen LogP contribution in [0, 0.1) is 17.0 Å². The monoisotopic (exact) mass is 270 g/mol. The second-order valence-corrected chi connectivity index (χ2v) is 3.77. The first kappa shape index (κ1) is 14.6. The van der Waals surface area contributed by atoms with E-state index < -0.39 is 29.5 Å². The zero-order valence-electron chi connectivity index (χ0n) is 9.92.